The zero-order valence-corrected chi connectivity index (χ0v) is 16.3. The summed E-state index contributed by atoms with van der Waals surface area (Å²) in [6, 6.07) is 4.96. The number of nitrogens with zero attached hydrogens (tertiary/aromatic N) is 2. The summed E-state index contributed by atoms with van der Waals surface area (Å²) in [7, 11) is 0. The molecule has 2 heterocycles. The Kier molecular flexibility index (Phi) is 5.00. The highest BCUT2D eigenvalue weighted by molar-refractivity contribution is 9.10. The third kappa shape index (κ3) is 4.11. The Morgan fingerprint density at radius 2 is 2.16 bits per heavy atom. The van der Waals surface area contributed by atoms with Gasteiger partial charge < -0.3 is 4.74 Å². The van der Waals surface area contributed by atoms with Gasteiger partial charge in [0.25, 0.3) is 0 Å². The van der Waals surface area contributed by atoms with E-state index >= 15 is 0 Å². The van der Waals surface area contributed by atoms with Gasteiger partial charge in [0.15, 0.2) is 0 Å². The number of likely N-dealkylation sites (tertiary alicyclic amines) is 1. The molecule has 0 bridgehead atoms. The summed E-state index contributed by atoms with van der Waals surface area (Å²) in [5, 5.41) is 0. The van der Waals surface area contributed by atoms with Gasteiger partial charge in [0, 0.05) is 34.9 Å². The molecule has 25 heavy (non-hydrogen) atoms. The van der Waals surface area contributed by atoms with Crippen LogP contribution in [0.2, 0.25) is 0 Å². The van der Waals surface area contributed by atoms with Crippen LogP contribution in [0, 0.1) is 5.82 Å². The lowest BCUT2D eigenvalue weighted by atomic mass is 9.98. The van der Waals surface area contributed by atoms with Crippen LogP contribution >= 0.6 is 15.9 Å². The van der Waals surface area contributed by atoms with Crippen molar-refractivity contribution >= 4 is 33.3 Å². The first kappa shape index (κ1) is 18.1. The van der Waals surface area contributed by atoms with Crippen molar-refractivity contribution in [3.8, 4) is 0 Å². The molecule has 2 aliphatic heterocycles. The molecule has 134 valence electrons. The van der Waals surface area contributed by atoms with Crippen molar-refractivity contribution in [2.45, 2.75) is 51.7 Å². The van der Waals surface area contributed by atoms with E-state index in [0.717, 1.165) is 24.1 Å². The predicted molar refractivity (Wildman–Crippen MR) is 100 cm³/mol. The van der Waals surface area contributed by atoms with Gasteiger partial charge >= 0.3 is 6.09 Å². The molecule has 1 saturated heterocycles. The van der Waals surface area contributed by atoms with E-state index in [1.807, 2.05) is 26.8 Å². The van der Waals surface area contributed by atoms with Crippen LogP contribution in [0.4, 0.5) is 9.18 Å². The quantitative estimate of drug-likeness (QED) is 0.676. The number of allylic oxidation sites excluding steroid dienone is 1. The topological polar surface area (TPSA) is 41.9 Å². The molecule has 1 aromatic rings. The highest BCUT2D eigenvalue weighted by atomic mass is 79.9. The molecule has 0 spiro atoms. The van der Waals surface area contributed by atoms with Crippen molar-refractivity contribution in [1.82, 2.24) is 4.90 Å². The minimum absolute atomic E-state index is 0.0675. The second-order valence-corrected chi connectivity index (χ2v) is 8.32. The van der Waals surface area contributed by atoms with Gasteiger partial charge in [0.05, 0.1) is 6.04 Å². The molecule has 1 amide bonds. The SMILES string of the molecule is CC(C)(C)OC(=O)N1CCC[C@H]1C1=NC=C(c2ccc(Br)cc2F)C1. The monoisotopic (exact) mass is 408 g/mol. The second kappa shape index (κ2) is 6.90. The Bertz CT molecular complexity index is 752. The molecule has 1 fully saturated rings. The summed E-state index contributed by atoms with van der Waals surface area (Å²) in [5.74, 6) is -0.271. The number of aliphatic imine (C=N–C) groups is 1. The zero-order chi connectivity index (χ0) is 18.2. The van der Waals surface area contributed by atoms with Crippen LogP contribution < -0.4 is 0 Å². The molecule has 0 unspecified atom stereocenters. The van der Waals surface area contributed by atoms with E-state index in [9.17, 15) is 9.18 Å². The molecule has 1 atom stereocenters. The fraction of sp³-hybridized carbons (Fsp3) is 0.474. The number of ether oxygens (including phenoxy) is 1. The molecule has 1 aromatic carbocycles. The average molecular weight is 409 g/mol. The number of benzene rings is 1. The molecule has 2 aliphatic rings. The third-order valence-corrected chi connectivity index (χ3v) is 4.79. The minimum Gasteiger partial charge on any atom is -0.444 e. The first-order chi connectivity index (χ1) is 11.7. The van der Waals surface area contributed by atoms with E-state index in [1.54, 1.807) is 17.2 Å². The van der Waals surface area contributed by atoms with E-state index < -0.39 is 5.60 Å². The summed E-state index contributed by atoms with van der Waals surface area (Å²) >= 11 is 3.27. The molecule has 0 aromatic heterocycles. The van der Waals surface area contributed by atoms with Crippen LogP contribution in [-0.2, 0) is 4.74 Å². The van der Waals surface area contributed by atoms with Crippen molar-refractivity contribution in [2.24, 2.45) is 4.99 Å². The molecule has 0 aliphatic carbocycles. The lowest BCUT2D eigenvalue weighted by Crippen LogP contribution is -2.43. The molecule has 0 saturated carbocycles. The Morgan fingerprint density at radius 3 is 2.84 bits per heavy atom. The number of hydrogen-bond acceptors (Lipinski definition) is 3. The summed E-state index contributed by atoms with van der Waals surface area (Å²) in [5.41, 5.74) is 1.78. The maximum absolute atomic E-state index is 14.2. The van der Waals surface area contributed by atoms with E-state index in [4.69, 9.17) is 4.74 Å². The van der Waals surface area contributed by atoms with Crippen LogP contribution in [0.15, 0.2) is 33.9 Å². The van der Waals surface area contributed by atoms with E-state index in [2.05, 4.69) is 20.9 Å². The Morgan fingerprint density at radius 1 is 1.40 bits per heavy atom. The molecule has 6 heteroatoms. The summed E-state index contributed by atoms with van der Waals surface area (Å²) in [6.45, 7) is 6.25. The Balaban J connectivity index is 1.70. The van der Waals surface area contributed by atoms with Gasteiger partial charge in [0.1, 0.15) is 11.4 Å². The van der Waals surface area contributed by atoms with Crippen molar-refractivity contribution < 1.29 is 13.9 Å². The Labute approximate surface area is 155 Å². The molecule has 0 N–H and O–H groups in total. The normalized spacial score (nSPS) is 20.5. The van der Waals surface area contributed by atoms with E-state index in [-0.39, 0.29) is 18.0 Å². The molecule has 4 nitrogen and oxygen atoms in total. The van der Waals surface area contributed by atoms with Gasteiger partial charge in [-0.1, -0.05) is 22.0 Å². The number of amides is 1. The van der Waals surface area contributed by atoms with Crippen LogP contribution in [0.1, 0.15) is 45.6 Å². The second-order valence-electron chi connectivity index (χ2n) is 7.41. The van der Waals surface area contributed by atoms with Crippen molar-refractivity contribution in [3.05, 3.63) is 40.3 Å². The largest absolute Gasteiger partial charge is 0.444 e. The predicted octanol–water partition coefficient (Wildman–Crippen LogP) is 5.17. The third-order valence-electron chi connectivity index (χ3n) is 4.30. The first-order valence-electron chi connectivity index (χ1n) is 8.45. The summed E-state index contributed by atoms with van der Waals surface area (Å²) < 4.78 is 20.4. The Hall–Kier alpha value is -1.69. The fourth-order valence-corrected chi connectivity index (χ4v) is 3.55. The van der Waals surface area contributed by atoms with Gasteiger partial charge in [0.2, 0.25) is 0 Å². The van der Waals surface area contributed by atoms with Gasteiger partial charge in [-0.05, 0) is 51.3 Å². The van der Waals surface area contributed by atoms with Crippen molar-refractivity contribution in [1.29, 1.82) is 0 Å². The van der Waals surface area contributed by atoms with Gasteiger partial charge in [-0.15, -0.1) is 0 Å². The summed E-state index contributed by atoms with van der Waals surface area (Å²) in [4.78, 5) is 18.7. The first-order valence-corrected chi connectivity index (χ1v) is 9.24. The number of halogens is 2. The van der Waals surface area contributed by atoms with Crippen LogP contribution in [0.5, 0.6) is 0 Å². The molecule has 3 rings (SSSR count). The van der Waals surface area contributed by atoms with E-state index in [0.29, 0.717) is 23.0 Å². The highest BCUT2D eigenvalue weighted by Gasteiger charge is 2.36. The maximum Gasteiger partial charge on any atom is 0.410 e. The van der Waals surface area contributed by atoms with Gasteiger partial charge in [-0.2, -0.15) is 0 Å². The van der Waals surface area contributed by atoms with Crippen molar-refractivity contribution in [2.75, 3.05) is 6.54 Å². The number of carbonyl (C=O) groups excluding carboxylic acids is 1. The standard InChI is InChI=1S/C19H22BrFN2O2/c1-19(2,3)25-18(24)23-8-4-5-17(23)16-9-12(11-22-16)14-7-6-13(20)10-15(14)21/h6-7,10-11,17H,4-5,8-9H2,1-3H3/t17-/m0/s1. The van der Waals surface area contributed by atoms with Crippen LogP contribution in [0.3, 0.4) is 0 Å². The zero-order valence-electron chi connectivity index (χ0n) is 14.7. The highest BCUT2D eigenvalue weighted by Crippen LogP contribution is 2.32. The molecular formula is C19H22BrFN2O2. The minimum atomic E-state index is -0.522. The van der Waals surface area contributed by atoms with Gasteiger partial charge in [-0.25, -0.2) is 9.18 Å². The average Bonchev–Trinajstić information content (AvgIpc) is 3.14. The lowest BCUT2D eigenvalue weighted by Gasteiger charge is -2.28. The fourth-order valence-electron chi connectivity index (χ4n) is 3.22. The summed E-state index contributed by atoms with van der Waals surface area (Å²) in [6.07, 6.45) is 3.75. The van der Waals surface area contributed by atoms with Crippen LogP contribution in [0.25, 0.3) is 5.57 Å². The number of carbonyl (C=O) groups is 1. The smallest absolute Gasteiger partial charge is 0.410 e. The maximum atomic E-state index is 14.2. The molecule has 0 radical (unpaired) electrons. The number of rotatable bonds is 2. The van der Waals surface area contributed by atoms with Gasteiger partial charge in [-0.3, -0.25) is 9.89 Å². The van der Waals surface area contributed by atoms with Crippen molar-refractivity contribution in [3.63, 3.8) is 0 Å². The number of hydrogen-bond donors (Lipinski definition) is 0. The van der Waals surface area contributed by atoms with Crippen LogP contribution in [-0.4, -0.2) is 34.9 Å². The molecular weight excluding hydrogens is 387 g/mol. The van der Waals surface area contributed by atoms with E-state index in [1.165, 1.54) is 6.07 Å². The lowest BCUT2D eigenvalue weighted by molar-refractivity contribution is 0.0265.